The van der Waals surface area contributed by atoms with Crippen LogP contribution in [0.2, 0.25) is 0 Å². The van der Waals surface area contributed by atoms with Crippen LogP contribution in [0, 0.1) is 0 Å². The number of carbonyl (C=O) groups is 2. The van der Waals surface area contributed by atoms with Crippen molar-refractivity contribution >= 4 is 28.5 Å². The molecule has 2 aromatic heterocycles. The van der Waals surface area contributed by atoms with Crippen LogP contribution in [0.1, 0.15) is 31.2 Å². The van der Waals surface area contributed by atoms with Crippen molar-refractivity contribution in [3.8, 4) is 17.2 Å². The van der Waals surface area contributed by atoms with Gasteiger partial charge in [-0.25, -0.2) is 4.79 Å². The van der Waals surface area contributed by atoms with Gasteiger partial charge in [0, 0.05) is 23.7 Å². The second kappa shape index (κ2) is 9.99. The predicted octanol–water partition coefficient (Wildman–Crippen LogP) is 4.82. The van der Waals surface area contributed by atoms with Crippen LogP contribution in [-0.4, -0.2) is 59.7 Å². The van der Waals surface area contributed by atoms with E-state index >= 15 is 0 Å². The fraction of sp³-hybridized carbons (Fsp3) is 0.385. The normalized spacial score (nSPS) is 20.2. The van der Waals surface area contributed by atoms with E-state index in [0.717, 1.165) is 33.0 Å². The largest absolute Gasteiger partial charge is 0.493 e. The number of nitrogens with zero attached hydrogens (tertiary/aromatic N) is 4. The Morgan fingerprint density at radius 1 is 0.921 bits per heavy atom. The Bertz CT molecular complexity index is 1370. The molecule has 0 unspecified atom stereocenters. The zero-order valence-corrected chi connectivity index (χ0v) is 20.7. The van der Waals surface area contributed by atoms with E-state index in [0.29, 0.717) is 49.1 Å². The number of fused-ring (bicyclic) bond motifs is 1. The lowest BCUT2D eigenvalue weighted by atomic mass is 9.92. The van der Waals surface area contributed by atoms with Gasteiger partial charge in [-0.1, -0.05) is 0 Å². The summed E-state index contributed by atoms with van der Waals surface area (Å²) >= 11 is 0. The second-order valence-corrected chi connectivity index (χ2v) is 9.18. The summed E-state index contributed by atoms with van der Waals surface area (Å²) in [7, 11) is 3.11. The van der Waals surface area contributed by atoms with Gasteiger partial charge >= 0.3 is 12.2 Å². The quantitative estimate of drug-likeness (QED) is 0.422. The molecule has 5 rings (SSSR count). The highest BCUT2D eigenvalue weighted by molar-refractivity contribution is 6.12. The minimum absolute atomic E-state index is 0.0595. The maximum Gasteiger partial charge on any atom is 0.417 e. The van der Waals surface area contributed by atoms with Crippen LogP contribution in [0.15, 0.2) is 42.9 Å². The average molecular weight is 531 g/mol. The number of amides is 3. The Morgan fingerprint density at radius 3 is 2.32 bits per heavy atom. The van der Waals surface area contributed by atoms with Gasteiger partial charge in [0.05, 0.1) is 49.5 Å². The molecule has 1 aliphatic heterocycles. The van der Waals surface area contributed by atoms with Crippen LogP contribution in [0.5, 0.6) is 17.2 Å². The van der Waals surface area contributed by atoms with Gasteiger partial charge in [-0.15, -0.1) is 0 Å². The Kier molecular flexibility index (Phi) is 6.72. The third-order valence-corrected chi connectivity index (χ3v) is 6.83. The molecule has 1 aliphatic carbocycles. The zero-order chi connectivity index (χ0) is 27.0. The number of hydrogen-bond donors (Lipinski definition) is 0. The molecule has 1 saturated heterocycles. The van der Waals surface area contributed by atoms with E-state index in [4.69, 9.17) is 14.2 Å². The van der Waals surface area contributed by atoms with Crippen LogP contribution in [0.4, 0.5) is 23.7 Å². The van der Waals surface area contributed by atoms with Crippen LogP contribution in [0.3, 0.4) is 0 Å². The number of ether oxygens (including phenoxy) is 3. The lowest BCUT2D eigenvalue weighted by molar-refractivity contribution is -0.137. The number of aromatic nitrogens is 2. The first-order valence-electron chi connectivity index (χ1n) is 12.0. The smallest absolute Gasteiger partial charge is 0.417 e. The molecule has 0 radical (unpaired) electrons. The van der Waals surface area contributed by atoms with E-state index in [1.807, 2.05) is 12.1 Å². The number of halogens is 3. The molecule has 9 nitrogen and oxygen atoms in total. The minimum Gasteiger partial charge on any atom is -0.493 e. The van der Waals surface area contributed by atoms with E-state index in [1.165, 1.54) is 0 Å². The molecule has 0 bridgehead atoms. The van der Waals surface area contributed by atoms with Gasteiger partial charge in [0.15, 0.2) is 11.5 Å². The first kappa shape index (κ1) is 25.6. The number of pyridine rings is 2. The van der Waals surface area contributed by atoms with Crippen molar-refractivity contribution in [3.05, 3.63) is 48.4 Å². The van der Waals surface area contributed by atoms with Crippen molar-refractivity contribution in [2.24, 2.45) is 0 Å². The standard InChI is InChI=1S/C26H25F3N4O5/c1-36-22-8-15-7-20(13-31-21(15)10-23(22)37-2)38-19-5-3-17(4-6-19)33-24(34)14-32(25(33)35)18-9-16(11-30-12-18)26(27,28)29/h7-13,17,19H,3-6,14H2,1-2H3/t17-,19-. The Labute approximate surface area is 216 Å². The second-order valence-electron chi connectivity index (χ2n) is 9.18. The molecule has 0 N–H and O–H groups in total. The summed E-state index contributed by atoms with van der Waals surface area (Å²) in [6, 6.07) is 5.31. The molecule has 1 aromatic carbocycles. The third-order valence-electron chi connectivity index (χ3n) is 6.83. The van der Waals surface area contributed by atoms with Gasteiger partial charge in [-0.3, -0.25) is 24.6 Å². The van der Waals surface area contributed by atoms with Crippen molar-refractivity contribution in [1.29, 1.82) is 0 Å². The fourth-order valence-electron chi connectivity index (χ4n) is 4.92. The van der Waals surface area contributed by atoms with Crippen molar-refractivity contribution in [3.63, 3.8) is 0 Å². The highest BCUT2D eigenvalue weighted by Crippen LogP contribution is 2.35. The zero-order valence-electron chi connectivity index (χ0n) is 20.7. The van der Waals surface area contributed by atoms with Crippen molar-refractivity contribution < 1.29 is 37.0 Å². The van der Waals surface area contributed by atoms with E-state index in [1.54, 1.807) is 26.5 Å². The molecule has 3 heterocycles. The van der Waals surface area contributed by atoms with Gasteiger partial charge in [-0.2, -0.15) is 13.2 Å². The molecule has 3 aromatic rings. The SMILES string of the molecule is COc1cc2cc(O[C@H]3CC[C@H](N4C(=O)CN(c5cncc(C(F)(F)F)c5)C4=O)CC3)cnc2cc1OC. The van der Waals surface area contributed by atoms with Crippen molar-refractivity contribution in [1.82, 2.24) is 14.9 Å². The van der Waals surface area contributed by atoms with Crippen LogP contribution >= 0.6 is 0 Å². The molecule has 38 heavy (non-hydrogen) atoms. The molecular weight excluding hydrogens is 505 g/mol. The summed E-state index contributed by atoms with van der Waals surface area (Å²) in [4.78, 5) is 36.0. The predicted molar refractivity (Wildman–Crippen MR) is 130 cm³/mol. The molecule has 0 spiro atoms. The van der Waals surface area contributed by atoms with E-state index in [-0.39, 0.29) is 24.4 Å². The van der Waals surface area contributed by atoms with Gasteiger partial charge in [-0.05, 0) is 43.9 Å². The summed E-state index contributed by atoms with van der Waals surface area (Å²) in [5, 5.41) is 0.825. The lowest BCUT2D eigenvalue weighted by Gasteiger charge is -2.33. The molecule has 200 valence electrons. The van der Waals surface area contributed by atoms with Gasteiger partial charge < -0.3 is 14.2 Å². The maximum absolute atomic E-state index is 13.1. The molecular formula is C26H25F3N4O5. The van der Waals surface area contributed by atoms with Crippen LogP contribution < -0.4 is 19.1 Å². The molecule has 12 heteroatoms. The number of alkyl halides is 3. The molecule has 0 atom stereocenters. The topological polar surface area (TPSA) is 94.1 Å². The lowest BCUT2D eigenvalue weighted by Crippen LogP contribution is -2.44. The summed E-state index contributed by atoms with van der Waals surface area (Å²) < 4.78 is 56.1. The third kappa shape index (κ3) is 4.90. The minimum atomic E-state index is -4.60. The molecule has 1 saturated carbocycles. The summed E-state index contributed by atoms with van der Waals surface area (Å²) in [6.45, 7) is -0.324. The number of rotatable bonds is 6. The van der Waals surface area contributed by atoms with Crippen LogP contribution in [0.25, 0.3) is 10.9 Å². The van der Waals surface area contributed by atoms with Gasteiger partial charge in [0.25, 0.3) is 5.91 Å². The van der Waals surface area contributed by atoms with E-state index < -0.39 is 23.7 Å². The van der Waals surface area contributed by atoms with Gasteiger partial charge in [0.2, 0.25) is 0 Å². The molecule has 2 aliphatic rings. The average Bonchev–Trinajstić information content (AvgIpc) is 3.21. The van der Waals surface area contributed by atoms with Gasteiger partial charge in [0.1, 0.15) is 12.3 Å². The Balaban J connectivity index is 1.23. The number of urea groups is 1. The number of methoxy groups -OCH3 is 2. The molecule has 3 amide bonds. The van der Waals surface area contributed by atoms with E-state index in [2.05, 4.69) is 9.97 Å². The number of carbonyl (C=O) groups excluding carboxylic acids is 2. The highest BCUT2D eigenvalue weighted by Gasteiger charge is 2.43. The maximum atomic E-state index is 13.1. The Morgan fingerprint density at radius 2 is 1.63 bits per heavy atom. The van der Waals surface area contributed by atoms with E-state index in [9.17, 15) is 22.8 Å². The fourth-order valence-corrected chi connectivity index (χ4v) is 4.92. The number of hydrogen-bond acceptors (Lipinski definition) is 7. The van der Waals surface area contributed by atoms with Crippen molar-refractivity contribution in [2.45, 2.75) is 44.0 Å². The number of anilines is 1. The first-order valence-corrected chi connectivity index (χ1v) is 12.0. The summed E-state index contributed by atoms with van der Waals surface area (Å²) in [5.41, 5.74) is -0.312. The number of imide groups is 1. The van der Waals surface area contributed by atoms with Crippen LogP contribution in [-0.2, 0) is 11.0 Å². The molecule has 2 fully saturated rings. The number of benzene rings is 1. The summed E-state index contributed by atoms with van der Waals surface area (Å²) in [6.07, 6.45) is 0.949. The first-order chi connectivity index (χ1) is 18.2. The monoisotopic (exact) mass is 530 g/mol. The highest BCUT2D eigenvalue weighted by atomic mass is 19.4. The summed E-state index contributed by atoms with van der Waals surface area (Å²) in [5.74, 6) is 1.30. The Hall–Kier alpha value is -4.09. The van der Waals surface area contributed by atoms with Crippen molar-refractivity contribution in [2.75, 3.05) is 25.7 Å².